The summed E-state index contributed by atoms with van der Waals surface area (Å²) in [5, 5.41) is 0.615. The van der Waals surface area contributed by atoms with Crippen molar-refractivity contribution in [2.75, 3.05) is 7.11 Å². The van der Waals surface area contributed by atoms with Crippen LogP contribution in [-0.2, 0) is 20.9 Å². The van der Waals surface area contributed by atoms with Crippen LogP contribution in [0.1, 0.15) is 30.4 Å². The quantitative estimate of drug-likeness (QED) is 0.755. The van der Waals surface area contributed by atoms with Crippen molar-refractivity contribution in [1.29, 1.82) is 0 Å². The number of ether oxygens (including phenoxy) is 1. The monoisotopic (exact) mass is 369 g/mol. The molecule has 1 heterocycles. The Morgan fingerprint density at radius 1 is 1.19 bits per heavy atom. The zero-order valence-electron chi connectivity index (χ0n) is 14.7. The predicted molar refractivity (Wildman–Crippen MR) is 101 cm³/mol. The fourth-order valence-corrected chi connectivity index (χ4v) is 3.58. The number of hydrogen-bond acceptors (Lipinski definition) is 3. The number of nitrogens with zero attached hydrogens (tertiary/aromatic N) is 1. The van der Waals surface area contributed by atoms with E-state index in [-0.39, 0.29) is 18.2 Å². The Bertz CT molecular complexity index is 861. The standard InChI is InChI=1S/C21H20ClNO3/c1-14-20(21(25)26-2)18(16-8-4-3-5-9-16)12-19(24)23(14)13-15-7-6-10-17(22)11-15/h3-11,18H,12-13H2,1-2H3. The van der Waals surface area contributed by atoms with E-state index >= 15 is 0 Å². The zero-order valence-corrected chi connectivity index (χ0v) is 15.5. The lowest BCUT2D eigenvalue weighted by Crippen LogP contribution is -2.37. The highest BCUT2D eigenvalue weighted by atomic mass is 35.5. The number of carbonyl (C=O) groups excluding carboxylic acids is 2. The first-order chi connectivity index (χ1) is 12.5. The Kier molecular flexibility index (Phi) is 5.43. The molecule has 4 nitrogen and oxygen atoms in total. The average Bonchev–Trinajstić information content (AvgIpc) is 2.65. The number of amides is 1. The Hall–Kier alpha value is -2.59. The Labute approximate surface area is 158 Å². The summed E-state index contributed by atoms with van der Waals surface area (Å²) >= 11 is 6.05. The number of allylic oxidation sites excluding steroid dienone is 1. The van der Waals surface area contributed by atoms with Crippen molar-refractivity contribution < 1.29 is 14.3 Å². The van der Waals surface area contributed by atoms with Crippen molar-refractivity contribution in [2.24, 2.45) is 0 Å². The molecule has 0 fully saturated rings. The second kappa shape index (κ2) is 7.75. The predicted octanol–water partition coefficient (Wildman–Crippen LogP) is 4.30. The van der Waals surface area contributed by atoms with E-state index in [9.17, 15) is 9.59 Å². The molecule has 1 aliphatic heterocycles. The van der Waals surface area contributed by atoms with E-state index in [1.165, 1.54) is 7.11 Å². The molecule has 0 saturated heterocycles. The molecule has 134 valence electrons. The van der Waals surface area contributed by atoms with Gasteiger partial charge in [0.05, 0.1) is 19.2 Å². The average molecular weight is 370 g/mol. The van der Waals surface area contributed by atoms with E-state index in [1.54, 1.807) is 17.9 Å². The van der Waals surface area contributed by atoms with Gasteiger partial charge >= 0.3 is 5.97 Å². The Balaban J connectivity index is 2.02. The zero-order chi connectivity index (χ0) is 18.7. The lowest BCUT2D eigenvalue weighted by atomic mass is 9.83. The summed E-state index contributed by atoms with van der Waals surface area (Å²) in [6.45, 7) is 2.16. The summed E-state index contributed by atoms with van der Waals surface area (Å²) in [4.78, 5) is 27.0. The minimum Gasteiger partial charge on any atom is -0.466 e. The highest BCUT2D eigenvalue weighted by Crippen LogP contribution is 2.37. The molecule has 2 aromatic carbocycles. The number of hydrogen-bond donors (Lipinski definition) is 0. The fraction of sp³-hybridized carbons (Fsp3) is 0.238. The molecule has 0 bridgehead atoms. The van der Waals surface area contributed by atoms with Gasteiger partial charge in [0.1, 0.15) is 0 Å². The lowest BCUT2D eigenvalue weighted by Gasteiger charge is -2.34. The second-order valence-corrected chi connectivity index (χ2v) is 6.70. The molecule has 5 heteroatoms. The topological polar surface area (TPSA) is 46.6 Å². The van der Waals surface area contributed by atoms with Crippen molar-refractivity contribution in [2.45, 2.75) is 25.8 Å². The van der Waals surface area contributed by atoms with Gasteiger partial charge in [-0.25, -0.2) is 4.79 Å². The van der Waals surface area contributed by atoms with Crippen molar-refractivity contribution in [3.05, 3.63) is 82.0 Å². The maximum atomic E-state index is 12.8. The molecule has 0 aromatic heterocycles. The van der Waals surface area contributed by atoms with Crippen LogP contribution in [0, 0.1) is 0 Å². The molecule has 0 N–H and O–H groups in total. The first-order valence-corrected chi connectivity index (χ1v) is 8.78. The third-order valence-electron chi connectivity index (χ3n) is 4.66. The third-order valence-corrected chi connectivity index (χ3v) is 4.89. The Morgan fingerprint density at radius 2 is 1.92 bits per heavy atom. The van der Waals surface area contributed by atoms with Gasteiger partial charge in [0.2, 0.25) is 5.91 Å². The summed E-state index contributed by atoms with van der Waals surface area (Å²) in [6.07, 6.45) is 0.229. The number of halogens is 1. The molecule has 1 unspecified atom stereocenters. The van der Waals surface area contributed by atoms with Gasteiger partial charge in [-0.3, -0.25) is 4.79 Å². The number of rotatable bonds is 4. The van der Waals surface area contributed by atoms with Crippen LogP contribution in [0.3, 0.4) is 0 Å². The molecule has 1 atom stereocenters. The van der Waals surface area contributed by atoms with E-state index in [0.717, 1.165) is 11.1 Å². The van der Waals surface area contributed by atoms with E-state index in [4.69, 9.17) is 16.3 Å². The molecule has 26 heavy (non-hydrogen) atoms. The maximum absolute atomic E-state index is 12.8. The van der Waals surface area contributed by atoms with Crippen molar-refractivity contribution in [3.63, 3.8) is 0 Å². The van der Waals surface area contributed by atoms with Gasteiger partial charge in [-0.05, 0) is 30.2 Å². The van der Waals surface area contributed by atoms with Gasteiger partial charge in [-0.1, -0.05) is 54.1 Å². The van der Waals surface area contributed by atoms with Crippen LogP contribution in [0.4, 0.5) is 0 Å². The number of benzene rings is 2. The summed E-state index contributed by atoms with van der Waals surface area (Å²) in [5.74, 6) is -0.726. The third kappa shape index (κ3) is 3.65. The molecule has 0 radical (unpaired) electrons. The highest BCUT2D eigenvalue weighted by Gasteiger charge is 2.36. The van der Waals surface area contributed by atoms with Gasteiger partial charge in [0.25, 0.3) is 0 Å². The summed E-state index contributed by atoms with van der Waals surface area (Å²) in [5.41, 5.74) is 3.00. The number of methoxy groups -OCH3 is 1. The van der Waals surface area contributed by atoms with Crippen LogP contribution >= 0.6 is 11.6 Å². The van der Waals surface area contributed by atoms with Crippen molar-refractivity contribution in [1.82, 2.24) is 4.90 Å². The van der Waals surface area contributed by atoms with E-state index in [2.05, 4.69) is 0 Å². The van der Waals surface area contributed by atoms with Gasteiger partial charge < -0.3 is 9.64 Å². The van der Waals surface area contributed by atoms with Crippen molar-refractivity contribution >= 4 is 23.5 Å². The number of esters is 1. The fourth-order valence-electron chi connectivity index (χ4n) is 3.37. The van der Waals surface area contributed by atoms with Gasteiger partial charge in [-0.2, -0.15) is 0 Å². The van der Waals surface area contributed by atoms with E-state index in [0.29, 0.717) is 22.8 Å². The molecule has 0 spiro atoms. The van der Waals surface area contributed by atoms with Crippen LogP contribution < -0.4 is 0 Å². The van der Waals surface area contributed by atoms with E-state index in [1.807, 2.05) is 48.5 Å². The van der Waals surface area contributed by atoms with Crippen LogP contribution in [0.2, 0.25) is 5.02 Å². The molecule has 0 saturated carbocycles. The van der Waals surface area contributed by atoms with Crippen LogP contribution in [0.25, 0.3) is 0 Å². The smallest absolute Gasteiger partial charge is 0.336 e. The molecule has 1 aliphatic rings. The highest BCUT2D eigenvalue weighted by molar-refractivity contribution is 6.30. The molecule has 3 rings (SSSR count). The SMILES string of the molecule is COC(=O)C1=C(C)N(Cc2cccc(Cl)c2)C(=O)CC1c1ccccc1. The first kappa shape index (κ1) is 18.2. The van der Waals surface area contributed by atoms with Gasteiger partial charge in [-0.15, -0.1) is 0 Å². The minimum atomic E-state index is -0.403. The van der Waals surface area contributed by atoms with Crippen molar-refractivity contribution in [3.8, 4) is 0 Å². The van der Waals surface area contributed by atoms with Crippen LogP contribution in [0.5, 0.6) is 0 Å². The summed E-state index contributed by atoms with van der Waals surface area (Å²) < 4.78 is 5.01. The molecule has 1 amide bonds. The minimum absolute atomic E-state index is 0.0241. The molecule has 2 aromatic rings. The molecule has 0 aliphatic carbocycles. The molecular weight excluding hydrogens is 350 g/mol. The summed E-state index contributed by atoms with van der Waals surface area (Å²) in [7, 11) is 1.36. The lowest BCUT2D eigenvalue weighted by molar-refractivity contribution is -0.138. The number of carbonyl (C=O) groups is 2. The Morgan fingerprint density at radius 3 is 2.58 bits per heavy atom. The van der Waals surface area contributed by atoms with E-state index < -0.39 is 5.97 Å². The second-order valence-electron chi connectivity index (χ2n) is 6.27. The van der Waals surface area contributed by atoms with Crippen LogP contribution in [-0.4, -0.2) is 23.9 Å². The largest absolute Gasteiger partial charge is 0.466 e. The van der Waals surface area contributed by atoms with Crippen LogP contribution in [0.15, 0.2) is 65.9 Å². The first-order valence-electron chi connectivity index (χ1n) is 8.40. The van der Waals surface area contributed by atoms with Gasteiger partial charge in [0.15, 0.2) is 0 Å². The summed E-state index contributed by atoms with van der Waals surface area (Å²) in [6, 6.07) is 17.0. The van der Waals surface area contributed by atoms with Gasteiger partial charge in [0, 0.05) is 23.1 Å². The maximum Gasteiger partial charge on any atom is 0.336 e. The molecular formula is C21H20ClNO3. The normalized spacial score (nSPS) is 17.4.